The SMILES string of the molecule is O=C(Cc1ccc(F)cc1)Nc1cccc(OC2CCCC2)c1. The number of anilines is 1. The van der Waals surface area contributed by atoms with Gasteiger partial charge in [0.15, 0.2) is 0 Å². The quantitative estimate of drug-likeness (QED) is 0.892. The Kier molecular flexibility index (Phi) is 4.91. The van der Waals surface area contributed by atoms with Crippen molar-refractivity contribution in [2.45, 2.75) is 38.2 Å². The van der Waals surface area contributed by atoms with Gasteiger partial charge in [0.2, 0.25) is 5.91 Å². The molecule has 1 fully saturated rings. The Morgan fingerprint density at radius 3 is 2.61 bits per heavy atom. The van der Waals surface area contributed by atoms with E-state index in [2.05, 4.69) is 5.32 Å². The number of carbonyl (C=O) groups excluding carboxylic acids is 1. The monoisotopic (exact) mass is 313 g/mol. The van der Waals surface area contributed by atoms with Gasteiger partial charge in [-0.1, -0.05) is 18.2 Å². The summed E-state index contributed by atoms with van der Waals surface area (Å²) in [7, 11) is 0. The molecule has 0 atom stereocenters. The molecule has 0 unspecified atom stereocenters. The van der Waals surface area contributed by atoms with Crippen molar-refractivity contribution in [3.05, 3.63) is 59.9 Å². The Morgan fingerprint density at radius 2 is 1.87 bits per heavy atom. The van der Waals surface area contributed by atoms with Crippen molar-refractivity contribution in [1.29, 1.82) is 0 Å². The fourth-order valence-corrected chi connectivity index (χ4v) is 2.84. The van der Waals surface area contributed by atoms with Crippen LogP contribution in [0.25, 0.3) is 0 Å². The third-order valence-corrected chi connectivity index (χ3v) is 4.00. The molecule has 2 aromatic rings. The van der Waals surface area contributed by atoms with Crippen LogP contribution in [-0.4, -0.2) is 12.0 Å². The van der Waals surface area contributed by atoms with E-state index < -0.39 is 0 Å². The number of hydrogen-bond donors (Lipinski definition) is 1. The molecule has 1 saturated carbocycles. The van der Waals surface area contributed by atoms with Crippen molar-refractivity contribution in [1.82, 2.24) is 0 Å². The average Bonchev–Trinajstić information content (AvgIpc) is 3.03. The van der Waals surface area contributed by atoms with E-state index in [0.29, 0.717) is 11.8 Å². The molecule has 1 aliphatic carbocycles. The highest BCUT2D eigenvalue weighted by Gasteiger charge is 2.16. The normalized spacial score (nSPS) is 14.7. The van der Waals surface area contributed by atoms with E-state index >= 15 is 0 Å². The summed E-state index contributed by atoms with van der Waals surface area (Å²) in [5.74, 6) is 0.358. The lowest BCUT2D eigenvalue weighted by molar-refractivity contribution is -0.115. The maximum atomic E-state index is 12.9. The molecular weight excluding hydrogens is 293 g/mol. The molecule has 0 saturated heterocycles. The molecule has 0 bridgehead atoms. The van der Waals surface area contributed by atoms with Gasteiger partial charge in [-0.2, -0.15) is 0 Å². The zero-order valence-corrected chi connectivity index (χ0v) is 12.9. The first kappa shape index (κ1) is 15.5. The Morgan fingerprint density at radius 1 is 1.13 bits per heavy atom. The van der Waals surface area contributed by atoms with Crippen molar-refractivity contribution in [3.63, 3.8) is 0 Å². The maximum absolute atomic E-state index is 12.9. The van der Waals surface area contributed by atoms with Crippen LogP contribution < -0.4 is 10.1 Å². The number of amides is 1. The smallest absolute Gasteiger partial charge is 0.228 e. The van der Waals surface area contributed by atoms with Crippen LogP contribution in [0, 0.1) is 5.82 Å². The van der Waals surface area contributed by atoms with Crippen LogP contribution in [0.5, 0.6) is 5.75 Å². The number of nitrogens with one attached hydrogen (secondary N) is 1. The third kappa shape index (κ3) is 4.55. The zero-order chi connectivity index (χ0) is 16.1. The summed E-state index contributed by atoms with van der Waals surface area (Å²) in [5.41, 5.74) is 1.50. The lowest BCUT2D eigenvalue weighted by Crippen LogP contribution is -2.15. The highest BCUT2D eigenvalue weighted by molar-refractivity contribution is 5.92. The summed E-state index contributed by atoms with van der Waals surface area (Å²) >= 11 is 0. The molecule has 0 aliphatic heterocycles. The standard InChI is InChI=1S/C19H20FNO2/c20-15-10-8-14(9-11-15)12-19(22)21-16-4-3-7-18(13-16)23-17-5-1-2-6-17/h3-4,7-11,13,17H,1-2,5-6,12H2,(H,21,22). The third-order valence-electron chi connectivity index (χ3n) is 4.00. The number of hydrogen-bond acceptors (Lipinski definition) is 2. The summed E-state index contributed by atoms with van der Waals surface area (Å²) in [5, 5.41) is 2.86. The summed E-state index contributed by atoms with van der Waals surface area (Å²) < 4.78 is 18.8. The number of rotatable bonds is 5. The first-order chi connectivity index (χ1) is 11.2. The minimum Gasteiger partial charge on any atom is -0.490 e. The second-order valence-corrected chi connectivity index (χ2v) is 5.90. The van der Waals surface area contributed by atoms with E-state index in [1.807, 2.05) is 24.3 Å². The molecule has 1 amide bonds. The molecule has 2 aromatic carbocycles. The molecule has 0 aromatic heterocycles. The van der Waals surface area contributed by atoms with Crippen molar-refractivity contribution in [2.75, 3.05) is 5.32 Å². The molecule has 23 heavy (non-hydrogen) atoms. The lowest BCUT2D eigenvalue weighted by Gasteiger charge is -2.14. The van der Waals surface area contributed by atoms with Gasteiger partial charge in [-0.25, -0.2) is 4.39 Å². The lowest BCUT2D eigenvalue weighted by atomic mass is 10.1. The number of ether oxygens (including phenoxy) is 1. The number of carbonyl (C=O) groups is 1. The summed E-state index contributed by atoms with van der Waals surface area (Å²) in [6, 6.07) is 13.4. The van der Waals surface area contributed by atoms with Crippen LogP contribution in [0.1, 0.15) is 31.2 Å². The van der Waals surface area contributed by atoms with Crippen molar-refractivity contribution in [2.24, 2.45) is 0 Å². The van der Waals surface area contributed by atoms with E-state index in [0.717, 1.165) is 24.2 Å². The molecule has 1 N–H and O–H groups in total. The molecule has 0 spiro atoms. The largest absolute Gasteiger partial charge is 0.490 e. The van der Waals surface area contributed by atoms with Gasteiger partial charge in [0.05, 0.1) is 12.5 Å². The molecule has 4 heteroatoms. The van der Waals surface area contributed by atoms with Gasteiger partial charge >= 0.3 is 0 Å². The van der Waals surface area contributed by atoms with Crippen LogP contribution in [-0.2, 0) is 11.2 Å². The summed E-state index contributed by atoms with van der Waals surface area (Å²) in [4.78, 5) is 12.1. The highest BCUT2D eigenvalue weighted by Crippen LogP contribution is 2.25. The molecule has 3 rings (SSSR count). The Labute approximate surface area is 135 Å². The van der Waals surface area contributed by atoms with E-state index in [1.165, 1.54) is 25.0 Å². The van der Waals surface area contributed by atoms with Crippen molar-refractivity contribution >= 4 is 11.6 Å². The van der Waals surface area contributed by atoms with Crippen LogP contribution in [0.4, 0.5) is 10.1 Å². The van der Waals surface area contributed by atoms with E-state index in [1.54, 1.807) is 12.1 Å². The van der Waals surface area contributed by atoms with Crippen LogP contribution in [0.15, 0.2) is 48.5 Å². The van der Waals surface area contributed by atoms with Crippen LogP contribution in [0.3, 0.4) is 0 Å². The van der Waals surface area contributed by atoms with Gasteiger partial charge in [-0.3, -0.25) is 4.79 Å². The van der Waals surface area contributed by atoms with Crippen molar-refractivity contribution in [3.8, 4) is 5.75 Å². The zero-order valence-electron chi connectivity index (χ0n) is 12.9. The van der Waals surface area contributed by atoms with E-state index in [4.69, 9.17) is 4.74 Å². The Bertz CT molecular complexity index is 663. The maximum Gasteiger partial charge on any atom is 0.228 e. The second-order valence-electron chi connectivity index (χ2n) is 5.90. The topological polar surface area (TPSA) is 38.3 Å². The van der Waals surface area contributed by atoms with Crippen molar-refractivity contribution < 1.29 is 13.9 Å². The molecular formula is C19H20FNO2. The fraction of sp³-hybridized carbons (Fsp3) is 0.316. The highest BCUT2D eigenvalue weighted by atomic mass is 19.1. The van der Waals surface area contributed by atoms with Gasteiger partial charge < -0.3 is 10.1 Å². The van der Waals surface area contributed by atoms with E-state index in [-0.39, 0.29) is 18.1 Å². The second kappa shape index (κ2) is 7.27. The van der Waals surface area contributed by atoms with Crippen LogP contribution in [0.2, 0.25) is 0 Å². The molecule has 0 radical (unpaired) electrons. The Hall–Kier alpha value is -2.36. The van der Waals surface area contributed by atoms with Gasteiger partial charge in [0, 0.05) is 11.8 Å². The average molecular weight is 313 g/mol. The minimum absolute atomic E-state index is 0.130. The van der Waals surface area contributed by atoms with E-state index in [9.17, 15) is 9.18 Å². The van der Waals surface area contributed by atoms with Gasteiger partial charge in [0.25, 0.3) is 0 Å². The van der Waals surface area contributed by atoms with Gasteiger partial charge in [-0.05, 0) is 55.5 Å². The molecule has 0 heterocycles. The molecule has 120 valence electrons. The summed E-state index contributed by atoms with van der Waals surface area (Å²) in [6.07, 6.45) is 5.15. The van der Waals surface area contributed by atoms with Gasteiger partial charge in [0.1, 0.15) is 11.6 Å². The first-order valence-corrected chi connectivity index (χ1v) is 8.00. The predicted octanol–water partition coefficient (Wildman–Crippen LogP) is 4.33. The molecule has 3 nitrogen and oxygen atoms in total. The summed E-state index contributed by atoms with van der Waals surface area (Å²) in [6.45, 7) is 0. The van der Waals surface area contributed by atoms with Crippen LogP contribution >= 0.6 is 0 Å². The number of benzene rings is 2. The minimum atomic E-state index is -0.300. The number of halogens is 1. The molecule has 1 aliphatic rings. The first-order valence-electron chi connectivity index (χ1n) is 8.00. The Balaban J connectivity index is 1.58. The fourth-order valence-electron chi connectivity index (χ4n) is 2.84. The predicted molar refractivity (Wildman–Crippen MR) is 88.1 cm³/mol. The van der Waals surface area contributed by atoms with Gasteiger partial charge in [-0.15, -0.1) is 0 Å².